The molecule has 1 aliphatic carbocycles. The Hall–Kier alpha value is -0.570. The molecule has 3 nitrogen and oxygen atoms in total. The molecule has 0 saturated heterocycles. The van der Waals surface area contributed by atoms with E-state index in [0.717, 1.165) is 6.42 Å². The van der Waals surface area contributed by atoms with Gasteiger partial charge >= 0.3 is 0 Å². The molecular formula is C8H15NO2. The predicted octanol–water partition coefficient (Wildman–Crippen LogP) is 0.546. The highest BCUT2D eigenvalue weighted by molar-refractivity contribution is 5.80. The van der Waals surface area contributed by atoms with E-state index < -0.39 is 0 Å². The molecule has 1 N–H and O–H groups in total. The molecule has 3 heteroatoms. The van der Waals surface area contributed by atoms with Crippen LogP contribution in [0.25, 0.3) is 0 Å². The van der Waals surface area contributed by atoms with E-state index in [1.54, 1.807) is 14.0 Å². The zero-order valence-corrected chi connectivity index (χ0v) is 7.26. The van der Waals surface area contributed by atoms with E-state index in [-0.39, 0.29) is 12.0 Å². The van der Waals surface area contributed by atoms with E-state index in [1.165, 1.54) is 0 Å². The third-order valence-electron chi connectivity index (χ3n) is 2.16. The van der Waals surface area contributed by atoms with Crippen LogP contribution in [0, 0.1) is 5.92 Å². The normalized spacial score (nSPS) is 31.2. The molecule has 0 aromatic rings. The van der Waals surface area contributed by atoms with Crippen LogP contribution in [0.4, 0.5) is 0 Å². The van der Waals surface area contributed by atoms with E-state index in [1.807, 2.05) is 0 Å². The van der Waals surface area contributed by atoms with Crippen molar-refractivity contribution in [3.8, 4) is 0 Å². The number of nitrogens with one attached hydrogen (secondary N) is 1. The lowest BCUT2D eigenvalue weighted by atomic mass is 10.3. The van der Waals surface area contributed by atoms with Crippen molar-refractivity contribution in [2.45, 2.75) is 32.4 Å². The Morgan fingerprint density at radius 2 is 2.27 bits per heavy atom. The van der Waals surface area contributed by atoms with Gasteiger partial charge in [0.1, 0.15) is 6.10 Å². The maximum Gasteiger partial charge on any atom is 0.249 e. The topological polar surface area (TPSA) is 38.3 Å². The molecule has 0 aromatic heterocycles. The van der Waals surface area contributed by atoms with E-state index in [4.69, 9.17) is 4.74 Å². The van der Waals surface area contributed by atoms with Gasteiger partial charge in [0.25, 0.3) is 0 Å². The molecule has 1 saturated carbocycles. The zero-order chi connectivity index (χ0) is 8.43. The zero-order valence-electron chi connectivity index (χ0n) is 7.26. The summed E-state index contributed by atoms with van der Waals surface area (Å²) in [5.41, 5.74) is 0. The number of amides is 1. The summed E-state index contributed by atoms with van der Waals surface area (Å²) in [5, 5.41) is 2.89. The molecular weight excluding hydrogens is 142 g/mol. The fourth-order valence-electron chi connectivity index (χ4n) is 0.930. The van der Waals surface area contributed by atoms with Gasteiger partial charge in [0.2, 0.25) is 5.91 Å². The second-order valence-electron chi connectivity index (χ2n) is 3.21. The first-order valence-corrected chi connectivity index (χ1v) is 3.98. The van der Waals surface area contributed by atoms with Gasteiger partial charge in [-0.3, -0.25) is 4.79 Å². The quantitative estimate of drug-likeness (QED) is 0.649. The van der Waals surface area contributed by atoms with Crippen LogP contribution in [0.1, 0.15) is 20.3 Å². The highest BCUT2D eigenvalue weighted by atomic mass is 16.5. The monoisotopic (exact) mass is 157 g/mol. The molecule has 64 valence electrons. The minimum Gasteiger partial charge on any atom is -0.372 e. The molecule has 1 aliphatic rings. The Balaban J connectivity index is 2.21. The lowest BCUT2D eigenvalue weighted by Crippen LogP contribution is -2.35. The summed E-state index contributed by atoms with van der Waals surface area (Å²) in [6, 6.07) is 0.403. The van der Waals surface area contributed by atoms with Crippen LogP contribution in [0.2, 0.25) is 0 Å². The third kappa shape index (κ3) is 2.19. The minimum atomic E-state index is -0.317. The molecule has 3 atom stereocenters. The Morgan fingerprint density at radius 3 is 2.64 bits per heavy atom. The molecule has 11 heavy (non-hydrogen) atoms. The van der Waals surface area contributed by atoms with Crippen LogP contribution in [0.5, 0.6) is 0 Å². The number of hydrogen-bond acceptors (Lipinski definition) is 2. The van der Waals surface area contributed by atoms with Crippen LogP contribution in [-0.4, -0.2) is 25.2 Å². The SMILES string of the molecule is COC(C)C(=O)NC1CC1C. The van der Waals surface area contributed by atoms with E-state index >= 15 is 0 Å². The highest BCUT2D eigenvalue weighted by Crippen LogP contribution is 2.28. The van der Waals surface area contributed by atoms with Crippen molar-refractivity contribution in [1.29, 1.82) is 0 Å². The minimum absolute atomic E-state index is 0.00171. The molecule has 0 radical (unpaired) electrons. The summed E-state index contributed by atoms with van der Waals surface area (Å²) in [5.74, 6) is 0.657. The lowest BCUT2D eigenvalue weighted by Gasteiger charge is -2.09. The van der Waals surface area contributed by atoms with Crippen molar-refractivity contribution in [3.63, 3.8) is 0 Å². The highest BCUT2D eigenvalue weighted by Gasteiger charge is 2.34. The first-order chi connectivity index (χ1) is 5.15. The van der Waals surface area contributed by atoms with Gasteiger partial charge in [-0.15, -0.1) is 0 Å². The maximum absolute atomic E-state index is 11.1. The van der Waals surface area contributed by atoms with Crippen LogP contribution < -0.4 is 5.32 Å². The van der Waals surface area contributed by atoms with Crippen LogP contribution >= 0.6 is 0 Å². The molecule has 0 aliphatic heterocycles. The average Bonchev–Trinajstić information content (AvgIpc) is 2.65. The molecule has 1 fully saturated rings. The lowest BCUT2D eigenvalue weighted by molar-refractivity contribution is -0.130. The second-order valence-corrected chi connectivity index (χ2v) is 3.21. The van der Waals surface area contributed by atoms with Crippen molar-refractivity contribution in [1.82, 2.24) is 5.32 Å². The Bertz CT molecular complexity index is 158. The van der Waals surface area contributed by atoms with Crippen molar-refractivity contribution in [3.05, 3.63) is 0 Å². The first-order valence-electron chi connectivity index (χ1n) is 3.98. The summed E-state index contributed by atoms with van der Waals surface area (Å²) in [7, 11) is 1.54. The van der Waals surface area contributed by atoms with Crippen molar-refractivity contribution >= 4 is 5.91 Å². The Morgan fingerprint density at radius 1 is 1.73 bits per heavy atom. The van der Waals surface area contributed by atoms with E-state index in [2.05, 4.69) is 12.2 Å². The summed E-state index contributed by atoms with van der Waals surface area (Å²) < 4.78 is 4.86. The van der Waals surface area contributed by atoms with Gasteiger partial charge in [0.05, 0.1) is 0 Å². The van der Waals surface area contributed by atoms with Crippen molar-refractivity contribution < 1.29 is 9.53 Å². The fraction of sp³-hybridized carbons (Fsp3) is 0.875. The number of methoxy groups -OCH3 is 1. The van der Waals surface area contributed by atoms with Crippen molar-refractivity contribution in [2.24, 2.45) is 5.92 Å². The standard InChI is InChI=1S/C8H15NO2/c1-5-4-7(5)9-8(10)6(2)11-3/h5-7H,4H2,1-3H3,(H,9,10). The number of ether oxygens (including phenoxy) is 1. The summed E-state index contributed by atoms with van der Waals surface area (Å²) in [6.07, 6.45) is 0.796. The molecule has 3 unspecified atom stereocenters. The molecule has 0 aromatic carbocycles. The fourth-order valence-corrected chi connectivity index (χ4v) is 0.930. The molecule has 0 bridgehead atoms. The second kappa shape index (κ2) is 3.22. The predicted molar refractivity (Wildman–Crippen MR) is 42.2 cm³/mol. The smallest absolute Gasteiger partial charge is 0.249 e. The molecule has 1 amide bonds. The number of rotatable bonds is 3. The number of carbonyl (C=O) groups is 1. The number of hydrogen-bond donors (Lipinski definition) is 1. The molecule has 0 spiro atoms. The molecule has 0 heterocycles. The van der Waals surface area contributed by atoms with E-state index in [0.29, 0.717) is 12.0 Å². The number of carbonyl (C=O) groups excluding carboxylic acids is 1. The van der Waals surface area contributed by atoms with Gasteiger partial charge in [-0.05, 0) is 19.3 Å². The molecule has 1 rings (SSSR count). The Kier molecular flexibility index (Phi) is 2.49. The van der Waals surface area contributed by atoms with Gasteiger partial charge in [-0.25, -0.2) is 0 Å². The average molecular weight is 157 g/mol. The van der Waals surface area contributed by atoms with Crippen LogP contribution in [0.15, 0.2) is 0 Å². The maximum atomic E-state index is 11.1. The van der Waals surface area contributed by atoms with E-state index in [9.17, 15) is 4.79 Å². The summed E-state index contributed by atoms with van der Waals surface area (Å²) in [4.78, 5) is 11.1. The largest absolute Gasteiger partial charge is 0.372 e. The van der Waals surface area contributed by atoms with Gasteiger partial charge in [-0.2, -0.15) is 0 Å². The first kappa shape index (κ1) is 8.53. The summed E-state index contributed by atoms with van der Waals surface area (Å²) in [6.45, 7) is 3.88. The Labute approximate surface area is 67.1 Å². The van der Waals surface area contributed by atoms with Crippen LogP contribution in [-0.2, 0) is 9.53 Å². The van der Waals surface area contributed by atoms with Gasteiger partial charge < -0.3 is 10.1 Å². The van der Waals surface area contributed by atoms with Gasteiger partial charge in [-0.1, -0.05) is 6.92 Å². The van der Waals surface area contributed by atoms with Crippen LogP contribution in [0.3, 0.4) is 0 Å². The van der Waals surface area contributed by atoms with Gasteiger partial charge in [0, 0.05) is 13.2 Å². The summed E-state index contributed by atoms with van der Waals surface area (Å²) >= 11 is 0. The van der Waals surface area contributed by atoms with Crippen molar-refractivity contribution in [2.75, 3.05) is 7.11 Å². The van der Waals surface area contributed by atoms with Gasteiger partial charge in [0.15, 0.2) is 0 Å². The third-order valence-corrected chi connectivity index (χ3v) is 2.16.